The Morgan fingerprint density at radius 2 is 1.92 bits per heavy atom. The molecule has 0 bridgehead atoms. The van der Waals surface area contributed by atoms with Crippen molar-refractivity contribution in [2.45, 2.75) is 39.0 Å². The first kappa shape index (κ1) is 17.3. The number of piperidine rings is 1. The standard InChI is InChI=1S/C21H26N2O3/c1-14(24)21-20(17-8-4-5-9-18(17)26-21)22-19(25)13-23-11-10-15-6-2-3-7-16(15)12-23/h4-5,8-9,15-16H,2-3,6-7,10-13H2,1H3,(H,22,25)/p+1/t15-,16-/m1/s1. The minimum Gasteiger partial charge on any atom is -0.451 e. The molecule has 1 unspecified atom stereocenters. The third-order valence-corrected chi connectivity index (χ3v) is 6.08. The van der Waals surface area contributed by atoms with Gasteiger partial charge in [0.25, 0.3) is 5.91 Å². The van der Waals surface area contributed by atoms with Crippen LogP contribution in [0.5, 0.6) is 0 Å². The number of amides is 1. The Kier molecular flexibility index (Phi) is 4.81. The highest BCUT2D eigenvalue weighted by Gasteiger charge is 2.34. The van der Waals surface area contributed by atoms with E-state index < -0.39 is 0 Å². The first-order chi connectivity index (χ1) is 12.6. The van der Waals surface area contributed by atoms with Crippen LogP contribution in [0.15, 0.2) is 28.7 Å². The molecule has 0 spiro atoms. The van der Waals surface area contributed by atoms with Crippen LogP contribution in [0.3, 0.4) is 0 Å². The summed E-state index contributed by atoms with van der Waals surface area (Å²) >= 11 is 0. The van der Waals surface area contributed by atoms with Gasteiger partial charge in [-0.25, -0.2) is 0 Å². The zero-order valence-corrected chi connectivity index (χ0v) is 15.3. The lowest BCUT2D eigenvalue weighted by Gasteiger charge is -2.38. The molecule has 3 atom stereocenters. The van der Waals surface area contributed by atoms with Gasteiger partial charge in [-0.3, -0.25) is 9.59 Å². The Morgan fingerprint density at radius 1 is 1.15 bits per heavy atom. The lowest BCUT2D eigenvalue weighted by atomic mass is 9.75. The lowest BCUT2D eigenvalue weighted by Crippen LogP contribution is -3.15. The van der Waals surface area contributed by atoms with Crippen LogP contribution >= 0.6 is 0 Å². The summed E-state index contributed by atoms with van der Waals surface area (Å²) in [6, 6.07) is 7.44. The number of anilines is 1. The van der Waals surface area contributed by atoms with Crippen LogP contribution < -0.4 is 10.2 Å². The van der Waals surface area contributed by atoms with Gasteiger partial charge in [0.15, 0.2) is 18.1 Å². The molecule has 5 nitrogen and oxygen atoms in total. The van der Waals surface area contributed by atoms with Crippen molar-refractivity contribution in [1.82, 2.24) is 0 Å². The Labute approximate surface area is 153 Å². The Bertz CT molecular complexity index is 826. The van der Waals surface area contributed by atoms with Gasteiger partial charge in [-0.1, -0.05) is 25.0 Å². The fourth-order valence-electron chi connectivity index (χ4n) is 4.78. The van der Waals surface area contributed by atoms with Crippen LogP contribution in [0.1, 0.15) is 49.6 Å². The van der Waals surface area contributed by atoms with Crippen LogP contribution in [-0.4, -0.2) is 31.3 Å². The van der Waals surface area contributed by atoms with Gasteiger partial charge in [-0.2, -0.15) is 0 Å². The van der Waals surface area contributed by atoms with E-state index in [1.165, 1.54) is 43.9 Å². The predicted octanol–water partition coefficient (Wildman–Crippen LogP) is 2.67. The molecular weight excluding hydrogens is 328 g/mol. The molecule has 1 aliphatic heterocycles. The molecule has 1 saturated heterocycles. The van der Waals surface area contributed by atoms with Crippen molar-refractivity contribution in [3.63, 3.8) is 0 Å². The molecule has 0 radical (unpaired) electrons. The number of benzene rings is 1. The van der Waals surface area contributed by atoms with Gasteiger partial charge in [0.2, 0.25) is 0 Å². The Morgan fingerprint density at radius 3 is 2.73 bits per heavy atom. The topological polar surface area (TPSA) is 63.8 Å². The SMILES string of the molecule is CC(=O)c1oc2ccccc2c1NC(=O)C[NH+]1CC[C@H]2CCCC[C@@H]2C1. The fourth-order valence-corrected chi connectivity index (χ4v) is 4.78. The molecule has 4 rings (SSSR count). The van der Waals surface area contributed by atoms with Crippen molar-refractivity contribution in [1.29, 1.82) is 0 Å². The summed E-state index contributed by atoms with van der Waals surface area (Å²) in [5.74, 6) is 1.68. The molecule has 2 heterocycles. The van der Waals surface area contributed by atoms with Gasteiger partial charge in [0.1, 0.15) is 5.58 Å². The monoisotopic (exact) mass is 355 g/mol. The molecular formula is C21H27N2O3+. The largest absolute Gasteiger partial charge is 0.451 e. The molecule has 138 valence electrons. The summed E-state index contributed by atoms with van der Waals surface area (Å²) in [6.07, 6.45) is 6.63. The third-order valence-electron chi connectivity index (χ3n) is 6.08. The highest BCUT2D eigenvalue weighted by Crippen LogP contribution is 2.33. The van der Waals surface area contributed by atoms with Crippen LogP contribution in [0, 0.1) is 11.8 Å². The number of carbonyl (C=O) groups excluding carboxylic acids is 2. The summed E-state index contributed by atoms with van der Waals surface area (Å²) < 4.78 is 5.65. The molecule has 1 aliphatic carbocycles. The smallest absolute Gasteiger partial charge is 0.279 e. The number of fused-ring (bicyclic) bond motifs is 2. The van der Waals surface area contributed by atoms with Gasteiger partial charge in [0.05, 0.1) is 18.8 Å². The Balaban J connectivity index is 1.46. The summed E-state index contributed by atoms with van der Waals surface area (Å²) in [5, 5.41) is 3.74. The second-order valence-corrected chi connectivity index (χ2v) is 7.88. The highest BCUT2D eigenvalue weighted by molar-refractivity contribution is 6.10. The van der Waals surface area contributed by atoms with Crippen molar-refractivity contribution in [3.05, 3.63) is 30.0 Å². The first-order valence-electron chi connectivity index (χ1n) is 9.77. The zero-order valence-electron chi connectivity index (χ0n) is 15.3. The maximum Gasteiger partial charge on any atom is 0.279 e. The van der Waals surface area contributed by atoms with Gasteiger partial charge >= 0.3 is 0 Å². The zero-order chi connectivity index (χ0) is 18.1. The summed E-state index contributed by atoms with van der Waals surface area (Å²) in [5.41, 5.74) is 1.15. The van der Waals surface area contributed by atoms with Gasteiger partial charge in [-0.05, 0) is 37.3 Å². The number of quaternary nitrogens is 1. The number of likely N-dealkylation sites (tertiary alicyclic amines) is 1. The summed E-state index contributed by atoms with van der Waals surface area (Å²) in [4.78, 5) is 26.0. The van der Waals surface area contributed by atoms with E-state index in [4.69, 9.17) is 4.42 Å². The van der Waals surface area contributed by atoms with Crippen molar-refractivity contribution in [2.24, 2.45) is 11.8 Å². The molecule has 1 aromatic heterocycles. The molecule has 1 amide bonds. The van der Waals surface area contributed by atoms with E-state index in [1.54, 1.807) is 0 Å². The Hall–Kier alpha value is -2.14. The normalized spacial score (nSPS) is 25.7. The quantitative estimate of drug-likeness (QED) is 0.829. The highest BCUT2D eigenvalue weighted by atomic mass is 16.3. The van der Waals surface area contributed by atoms with Crippen LogP contribution in [0.25, 0.3) is 11.0 Å². The van der Waals surface area contributed by atoms with Crippen molar-refractivity contribution in [3.8, 4) is 0 Å². The first-order valence-corrected chi connectivity index (χ1v) is 9.77. The molecule has 5 heteroatoms. The van der Waals surface area contributed by atoms with Crippen molar-refractivity contribution < 1.29 is 18.9 Å². The minimum absolute atomic E-state index is 0.0386. The molecule has 1 aromatic carbocycles. The number of carbonyl (C=O) groups is 2. The number of hydrogen-bond donors (Lipinski definition) is 2. The lowest BCUT2D eigenvalue weighted by molar-refractivity contribution is -0.902. The minimum atomic E-state index is -0.174. The van der Waals surface area contributed by atoms with E-state index in [0.717, 1.165) is 30.3 Å². The average molecular weight is 355 g/mol. The number of hydrogen-bond acceptors (Lipinski definition) is 3. The second kappa shape index (κ2) is 7.23. The average Bonchev–Trinajstić information content (AvgIpc) is 3.00. The van der Waals surface area contributed by atoms with E-state index in [-0.39, 0.29) is 17.5 Å². The summed E-state index contributed by atoms with van der Waals surface area (Å²) in [6.45, 7) is 4.09. The molecule has 2 N–H and O–H groups in total. The van der Waals surface area contributed by atoms with Gasteiger partial charge in [-0.15, -0.1) is 0 Å². The van der Waals surface area contributed by atoms with Crippen LogP contribution in [0.2, 0.25) is 0 Å². The molecule has 2 aromatic rings. The summed E-state index contributed by atoms with van der Waals surface area (Å²) in [7, 11) is 0. The molecule has 26 heavy (non-hydrogen) atoms. The molecule has 2 fully saturated rings. The van der Waals surface area contributed by atoms with E-state index in [0.29, 0.717) is 17.8 Å². The number of para-hydroxylation sites is 1. The number of ketones is 1. The van der Waals surface area contributed by atoms with E-state index in [1.807, 2.05) is 24.3 Å². The van der Waals surface area contributed by atoms with E-state index >= 15 is 0 Å². The van der Waals surface area contributed by atoms with Crippen molar-refractivity contribution >= 4 is 28.3 Å². The van der Waals surface area contributed by atoms with Crippen LogP contribution in [0.4, 0.5) is 5.69 Å². The number of nitrogens with one attached hydrogen (secondary N) is 2. The maximum absolute atomic E-state index is 12.7. The number of rotatable bonds is 4. The van der Waals surface area contributed by atoms with E-state index in [9.17, 15) is 9.59 Å². The third kappa shape index (κ3) is 3.40. The maximum atomic E-state index is 12.7. The number of Topliss-reactive ketones (excluding diaryl/α,β-unsaturated/α-hetero) is 1. The van der Waals surface area contributed by atoms with Crippen LogP contribution in [-0.2, 0) is 4.79 Å². The van der Waals surface area contributed by atoms with Gasteiger partial charge in [0, 0.05) is 18.2 Å². The molecule has 1 saturated carbocycles. The fraction of sp³-hybridized carbons (Fsp3) is 0.524. The van der Waals surface area contributed by atoms with Gasteiger partial charge < -0.3 is 14.6 Å². The number of furan rings is 1. The predicted molar refractivity (Wildman–Crippen MR) is 100 cm³/mol. The molecule has 2 aliphatic rings. The second-order valence-electron chi connectivity index (χ2n) is 7.88. The van der Waals surface area contributed by atoms with E-state index in [2.05, 4.69) is 5.32 Å². The van der Waals surface area contributed by atoms with Crippen molar-refractivity contribution in [2.75, 3.05) is 25.0 Å².